The van der Waals surface area contributed by atoms with Gasteiger partial charge in [-0.25, -0.2) is 22.8 Å². The molecule has 50 heavy (non-hydrogen) atoms. The molecule has 18 heteroatoms. The van der Waals surface area contributed by atoms with E-state index < -0.39 is 36.8 Å². The summed E-state index contributed by atoms with van der Waals surface area (Å²) in [5.74, 6) is -0.342. The zero-order chi connectivity index (χ0) is 35.8. The lowest BCUT2D eigenvalue weighted by Crippen LogP contribution is -2.48. The summed E-state index contributed by atoms with van der Waals surface area (Å²) in [7, 11) is 1.27. The second-order valence-corrected chi connectivity index (χ2v) is 15.8. The number of nitro benzene ring substituents is 1. The van der Waals surface area contributed by atoms with Crippen LogP contribution in [0.5, 0.6) is 5.75 Å². The number of halogens is 2. The van der Waals surface area contributed by atoms with Crippen LogP contribution in [-0.4, -0.2) is 104 Å². The molecule has 2 aliphatic rings. The van der Waals surface area contributed by atoms with Gasteiger partial charge in [-0.3, -0.25) is 20.1 Å². The van der Waals surface area contributed by atoms with Gasteiger partial charge in [0.05, 0.1) is 21.8 Å². The minimum absolute atomic E-state index is 0.0449. The topological polar surface area (TPSA) is 163 Å². The highest BCUT2D eigenvalue weighted by molar-refractivity contribution is 7.99. The number of rotatable bonds is 13. The average molecular weight is 730 g/mol. The Kier molecular flexibility index (Phi) is 9.98. The van der Waals surface area contributed by atoms with E-state index in [1.807, 2.05) is 21.0 Å². The van der Waals surface area contributed by atoms with E-state index in [1.165, 1.54) is 31.4 Å². The Morgan fingerprint density at radius 3 is 2.46 bits per heavy atom. The third-order valence-electron chi connectivity index (χ3n) is 8.82. The van der Waals surface area contributed by atoms with Gasteiger partial charge >= 0.3 is 5.69 Å². The number of benzene rings is 2. The maximum absolute atomic E-state index is 15.8. The van der Waals surface area contributed by atoms with E-state index in [9.17, 15) is 18.5 Å². The summed E-state index contributed by atoms with van der Waals surface area (Å²) in [5.41, 5.74) is -0.291. The van der Waals surface area contributed by atoms with Gasteiger partial charge in [-0.1, -0.05) is 12.1 Å². The third-order valence-corrected chi connectivity index (χ3v) is 12.3. The number of sulfone groups is 1. The molecule has 1 saturated heterocycles. The molecule has 0 spiro atoms. The van der Waals surface area contributed by atoms with E-state index >= 15 is 8.78 Å². The number of nitrogens with zero attached hydrogens (tertiary/aromatic N) is 7. The van der Waals surface area contributed by atoms with Crippen LogP contribution < -0.4 is 15.0 Å². The molecule has 0 amide bonds. The number of hydrogen-bond acceptors (Lipinski definition) is 13. The molecule has 2 aromatic carbocycles. The van der Waals surface area contributed by atoms with Crippen LogP contribution in [0.3, 0.4) is 0 Å². The second kappa shape index (κ2) is 14.1. The van der Waals surface area contributed by atoms with Crippen molar-refractivity contribution in [1.82, 2.24) is 30.0 Å². The van der Waals surface area contributed by atoms with Crippen LogP contribution in [-0.2, 0) is 14.6 Å². The lowest BCUT2D eigenvalue weighted by atomic mass is 10.1. The Labute approximate surface area is 292 Å². The highest BCUT2D eigenvalue weighted by Crippen LogP contribution is 2.56. The first-order valence-corrected chi connectivity index (χ1v) is 18.2. The zero-order valence-corrected chi connectivity index (χ0v) is 29.6. The van der Waals surface area contributed by atoms with Crippen molar-refractivity contribution in [2.75, 3.05) is 70.7 Å². The van der Waals surface area contributed by atoms with Crippen LogP contribution in [0, 0.1) is 28.7 Å². The fourth-order valence-electron chi connectivity index (χ4n) is 5.94. The van der Waals surface area contributed by atoms with Crippen LogP contribution in [0.4, 0.5) is 31.9 Å². The van der Waals surface area contributed by atoms with Crippen LogP contribution >= 0.6 is 11.8 Å². The molecule has 1 aliphatic carbocycles. The van der Waals surface area contributed by atoms with Crippen molar-refractivity contribution >= 4 is 44.7 Å². The normalized spacial score (nSPS) is 16.1. The number of methoxy groups -OCH3 is 1. The number of hydrogen-bond donors (Lipinski definition) is 2. The third kappa shape index (κ3) is 6.97. The number of aryl methyl sites for hydroxylation is 1. The van der Waals surface area contributed by atoms with Crippen molar-refractivity contribution in [3.05, 3.63) is 75.5 Å². The molecule has 1 saturated carbocycles. The lowest BCUT2D eigenvalue weighted by Gasteiger charge is -2.36. The van der Waals surface area contributed by atoms with Gasteiger partial charge in [-0.15, -0.1) is 0 Å². The average Bonchev–Trinajstić information content (AvgIpc) is 3.80. The van der Waals surface area contributed by atoms with Gasteiger partial charge < -0.3 is 19.9 Å². The quantitative estimate of drug-likeness (QED) is 0.110. The van der Waals surface area contributed by atoms with Crippen molar-refractivity contribution < 1.29 is 26.9 Å². The van der Waals surface area contributed by atoms with Crippen LogP contribution in [0.25, 0.3) is 0 Å². The number of aromatic amines is 1. The Morgan fingerprint density at radius 1 is 1.12 bits per heavy atom. The summed E-state index contributed by atoms with van der Waals surface area (Å²) in [4.78, 5) is 26.1. The molecule has 0 unspecified atom stereocenters. The smallest absolute Gasteiger partial charge is 0.305 e. The lowest BCUT2D eigenvalue weighted by molar-refractivity contribution is -0.387. The summed E-state index contributed by atoms with van der Waals surface area (Å²) >= 11 is 0.906. The number of aromatic nitrogens is 4. The van der Waals surface area contributed by atoms with Gasteiger partial charge in [0.2, 0.25) is 11.6 Å². The van der Waals surface area contributed by atoms with E-state index in [2.05, 4.69) is 35.2 Å². The molecule has 266 valence electrons. The van der Waals surface area contributed by atoms with E-state index in [0.717, 1.165) is 55.8 Å². The molecular formula is C32H37F2N9O5S2. The molecule has 0 atom stereocenters. The first-order valence-electron chi connectivity index (χ1n) is 15.9. The number of piperazine rings is 1. The van der Waals surface area contributed by atoms with Crippen molar-refractivity contribution in [3.8, 4) is 5.75 Å². The molecule has 14 nitrogen and oxygen atoms in total. The van der Waals surface area contributed by atoms with Gasteiger partial charge in [0.25, 0.3) is 0 Å². The molecule has 1 aliphatic heterocycles. The fourth-order valence-corrected chi connectivity index (χ4v) is 8.75. The highest BCUT2D eigenvalue weighted by atomic mass is 32.2. The standard InChI is InChI=1S/C32H37F2N9O5S2/c1-20-18-26(39-38-20)35-29-28(48-4)30(42-16-14-41(15-17-42)13-12-40(2)3)37-31(36-29)49-25-9-8-21(19-23(25)33)50(46,47)32(10-11-32)22-6-5-7-24(27(22)34)43(44)45/h5-9,18-19H,10-17H2,1-4H3,(H2,35,36,37,38,39). The minimum Gasteiger partial charge on any atom is -0.490 e. The number of ether oxygens (including phenoxy) is 1. The fraction of sp³-hybridized carbons (Fsp3) is 0.406. The summed E-state index contributed by atoms with van der Waals surface area (Å²) < 4.78 is 62.6. The molecule has 2 N–H and O–H groups in total. The number of H-pyrrole nitrogens is 1. The Bertz CT molecular complexity index is 2020. The molecule has 4 aromatic rings. The van der Waals surface area contributed by atoms with E-state index in [1.54, 1.807) is 6.07 Å². The van der Waals surface area contributed by atoms with Gasteiger partial charge in [0.15, 0.2) is 32.4 Å². The summed E-state index contributed by atoms with van der Waals surface area (Å²) in [6.45, 7) is 6.66. The van der Waals surface area contributed by atoms with Crippen molar-refractivity contribution in [3.63, 3.8) is 0 Å². The van der Waals surface area contributed by atoms with Gasteiger partial charge in [-0.05, 0) is 63.8 Å². The van der Waals surface area contributed by atoms with Crippen molar-refractivity contribution in [2.24, 2.45) is 0 Å². The molecule has 0 bridgehead atoms. The molecule has 2 aromatic heterocycles. The maximum Gasteiger partial charge on any atom is 0.305 e. The highest BCUT2D eigenvalue weighted by Gasteiger charge is 2.58. The summed E-state index contributed by atoms with van der Waals surface area (Å²) in [6.07, 6.45) is 0.0897. The van der Waals surface area contributed by atoms with Crippen molar-refractivity contribution in [2.45, 2.75) is 39.5 Å². The monoisotopic (exact) mass is 729 g/mol. The first-order chi connectivity index (χ1) is 23.8. The molecule has 2 fully saturated rings. The first kappa shape index (κ1) is 35.4. The zero-order valence-electron chi connectivity index (χ0n) is 27.9. The Morgan fingerprint density at radius 2 is 1.86 bits per heavy atom. The number of anilines is 3. The number of likely N-dealkylation sites (N-methyl/N-ethyl adjacent to an activating group) is 1. The molecule has 0 radical (unpaired) electrons. The van der Waals surface area contributed by atoms with Gasteiger partial charge in [0.1, 0.15) is 10.6 Å². The van der Waals surface area contributed by atoms with E-state index in [-0.39, 0.29) is 33.4 Å². The maximum atomic E-state index is 15.8. The predicted octanol–water partition coefficient (Wildman–Crippen LogP) is 4.74. The molecular weight excluding hydrogens is 693 g/mol. The number of nitrogens with one attached hydrogen (secondary N) is 2. The molecule has 6 rings (SSSR count). The van der Waals surface area contributed by atoms with Crippen molar-refractivity contribution in [1.29, 1.82) is 0 Å². The SMILES string of the molecule is COc1c(Nc2cc(C)[nH]n2)nc(Sc2ccc(S(=O)(=O)C3(c4cccc([N+](=O)[O-])c4F)CC3)cc2F)nc1N1CCN(CCN(C)C)CC1. The van der Waals surface area contributed by atoms with Crippen LogP contribution in [0.2, 0.25) is 0 Å². The minimum atomic E-state index is -4.33. The Balaban J connectivity index is 1.30. The summed E-state index contributed by atoms with van der Waals surface area (Å²) in [6, 6.07) is 8.69. The molecule has 3 heterocycles. The second-order valence-electron chi connectivity index (χ2n) is 12.5. The summed E-state index contributed by atoms with van der Waals surface area (Å²) in [5, 5.41) is 21.8. The number of nitro groups is 1. The van der Waals surface area contributed by atoms with Crippen LogP contribution in [0.1, 0.15) is 24.1 Å². The van der Waals surface area contributed by atoms with Gasteiger partial charge in [-0.2, -0.15) is 9.49 Å². The van der Waals surface area contributed by atoms with E-state index in [0.29, 0.717) is 36.3 Å². The van der Waals surface area contributed by atoms with E-state index in [4.69, 9.17) is 9.72 Å². The predicted molar refractivity (Wildman–Crippen MR) is 184 cm³/mol. The van der Waals surface area contributed by atoms with Gasteiger partial charge in [0, 0.05) is 62.7 Å². The Hall–Kier alpha value is -4.39. The largest absolute Gasteiger partial charge is 0.490 e. The van der Waals surface area contributed by atoms with Crippen LogP contribution in [0.15, 0.2) is 57.4 Å².